The minimum atomic E-state index is 0.461. The predicted molar refractivity (Wildman–Crippen MR) is 104 cm³/mol. The van der Waals surface area contributed by atoms with Gasteiger partial charge in [0.15, 0.2) is 5.58 Å². The fourth-order valence-electron chi connectivity index (χ4n) is 3.82. The number of hydrogen-bond donors (Lipinski definition) is 0. The number of para-hydroxylation sites is 2. The van der Waals surface area contributed by atoms with Crippen molar-refractivity contribution in [1.29, 1.82) is 0 Å². The summed E-state index contributed by atoms with van der Waals surface area (Å²) in [6.45, 7) is 2.70. The molecule has 0 radical (unpaired) electrons. The van der Waals surface area contributed by atoms with E-state index in [1.165, 1.54) is 11.4 Å². The zero-order valence-electron chi connectivity index (χ0n) is 15.0. The number of aromatic nitrogens is 4. The third-order valence-electron chi connectivity index (χ3n) is 5.26. The summed E-state index contributed by atoms with van der Waals surface area (Å²) in [5, 5.41) is 0. The Morgan fingerprint density at radius 1 is 1.00 bits per heavy atom. The van der Waals surface area contributed by atoms with Gasteiger partial charge in [0.05, 0.1) is 0 Å². The Balaban J connectivity index is 1.29. The molecule has 136 valence electrons. The molecule has 3 aromatic heterocycles. The molecular formula is C21H21N5O. The molecule has 27 heavy (non-hydrogen) atoms. The van der Waals surface area contributed by atoms with Crippen molar-refractivity contribution in [1.82, 2.24) is 19.5 Å². The highest BCUT2D eigenvalue weighted by atomic mass is 16.4. The summed E-state index contributed by atoms with van der Waals surface area (Å²) in [5.74, 6) is 1.63. The van der Waals surface area contributed by atoms with Crippen molar-refractivity contribution in [2.45, 2.75) is 25.3 Å². The average molecular weight is 359 g/mol. The number of oxazole rings is 1. The van der Waals surface area contributed by atoms with E-state index in [-0.39, 0.29) is 0 Å². The van der Waals surface area contributed by atoms with Gasteiger partial charge < -0.3 is 13.9 Å². The molecule has 1 saturated heterocycles. The molecule has 4 aromatic rings. The second kappa shape index (κ2) is 6.87. The van der Waals surface area contributed by atoms with Crippen LogP contribution in [0.25, 0.3) is 11.1 Å². The molecule has 1 aromatic carbocycles. The first-order valence-corrected chi connectivity index (χ1v) is 9.37. The normalized spacial score (nSPS) is 15.5. The summed E-state index contributed by atoms with van der Waals surface area (Å²) in [4.78, 5) is 15.6. The number of piperidine rings is 1. The van der Waals surface area contributed by atoms with Gasteiger partial charge in [-0.1, -0.05) is 12.1 Å². The summed E-state index contributed by atoms with van der Waals surface area (Å²) < 4.78 is 8.18. The smallest absolute Gasteiger partial charge is 0.298 e. The number of imidazole rings is 1. The Morgan fingerprint density at radius 2 is 1.81 bits per heavy atom. The molecule has 0 aliphatic carbocycles. The van der Waals surface area contributed by atoms with E-state index in [0.717, 1.165) is 49.6 Å². The topological polar surface area (TPSA) is 60.0 Å². The van der Waals surface area contributed by atoms with Gasteiger partial charge in [-0.05, 0) is 42.7 Å². The van der Waals surface area contributed by atoms with Crippen molar-refractivity contribution in [2.75, 3.05) is 18.0 Å². The van der Waals surface area contributed by atoms with Gasteiger partial charge in [-0.25, -0.2) is 4.98 Å². The molecule has 1 aliphatic rings. The molecule has 1 aliphatic heterocycles. The molecule has 0 atom stereocenters. The molecule has 0 spiro atoms. The van der Waals surface area contributed by atoms with Crippen molar-refractivity contribution >= 4 is 17.1 Å². The lowest BCUT2D eigenvalue weighted by molar-refractivity contribution is 0.445. The first-order chi connectivity index (χ1) is 13.4. The molecule has 4 heterocycles. The van der Waals surface area contributed by atoms with Crippen molar-refractivity contribution in [3.8, 4) is 0 Å². The van der Waals surface area contributed by atoms with Gasteiger partial charge >= 0.3 is 0 Å². The minimum Gasteiger partial charge on any atom is -0.423 e. The van der Waals surface area contributed by atoms with Crippen LogP contribution in [0.1, 0.15) is 30.1 Å². The van der Waals surface area contributed by atoms with E-state index in [1.807, 2.05) is 42.9 Å². The zero-order chi connectivity index (χ0) is 18.1. The van der Waals surface area contributed by atoms with Crippen molar-refractivity contribution in [2.24, 2.45) is 0 Å². The van der Waals surface area contributed by atoms with E-state index in [0.29, 0.717) is 5.92 Å². The Hall–Kier alpha value is -3.15. The SMILES string of the molecule is c1ccc2oc(N3CCC(c4nccn4Cc4ccncc4)CC3)nc2c1. The Bertz CT molecular complexity index is 998. The molecule has 0 saturated carbocycles. The minimum absolute atomic E-state index is 0.461. The van der Waals surface area contributed by atoms with Gasteiger partial charge in [0, 0.05) is 50.3 Å². The third-order valence-corrected chi connectivity index (χ3v) is 5.26. The van der Waals surface area contributed by atoms with Crippen LogP contribution in [0.3, 0.4) is 0 Å². The Kier molecular flexibility index (Phi) is 4.08. The first kappa shape index (κ1) is 16.1. The van der Waals surface area contributed by atoms with Gasteiger partial charge in [-0.15, -0.1) is 0 Å². The summed E-state index contributed by atoms with van der Waals surface area (Å²) in [6.07, 6.45) is 9.75. The van der Waals surface area contributed by atoms with Gasteiger partial charge in [-0.3, -0.25) is 4.98 Å². The van der Waals surface area contributed by atoms with Crippen LogP contribution in [0.4, 0.5) is 6.01 Å². The van der Waals surface area contributed by atoms with E-state index in [1.54, 1.807) is 0 Å². The van der Waals surface area contributed by atoms with Gasteiger partial charge in [0.2, 0.25) is 0 Å². The van der Waals surface area contributed by atoms with Crippen LogP contribution in [0, 0.1) is 0 Å². The van der Waals surface area contributed by atoms with E-state index >= 15 is 0 Å². The molecule has 0 bridgehead atoms. The molecular weight excluding hydrogens is 338 g/mol. The number of nitrogens with zero attached hydrogens (tertiary/aromatic N) is 5. The highest BCUT2D eigenvalue weighted by molar-refractivity contribution is 5.74. The van der Waals surface area contributed by atoms with Crippen molar-refractivity contribution < 1.29 is 4.42 Å². The highest BCUT2D eigenvalue weighted by Gasteiger charge is 2.26. The standard InChI is InChI=1S/C21H21N5O/c1-2-4-19-18(3-1)24-21(27-19)25-12-7-17(8-13-25)20-23-11-14-26(20)15-16-5-9-22-10-6-16/h1-6,9-11,14,17H,7-8,12-13,15H2. The maximum atomic E-state index is 5.92. The Labute approximate surface area is 157 Å². The quantitative estimate of drug-likeness (QED) is 0.554. The van der Waals surface area contributed by atoms with Crippen LogP contribution in [0.2, 0.25) is 0 Å². The highest BCUT2D eigenvalue weighted by Crippen LogP contribution is 2.31. The molecule has 6 nitrogen and oxygen atoms in total. The Morgan fingerprint density at radius 3 is 2.63 bits per heavy atom. The van der Waals surface area contributed by atoms with Gasteiger partial charge in [-0.2, -0.15) is 4.98 Å². The number of benzene rings is 1. The molecule has 0 N–H and O–H groups in total. The fourth-order valence-corrected chi connectivity index (χ4v) is 3.82. The third kappa shape index (κ3) is 3.18. The number of pyridine rings is 1. The number of rotatable bonds is 4. The summed E-state index contributed by atoms with van der Waals surface area (Å²) in [6, 6.07) is 12.8. The first-order valence-electron chi connectivity index (χ1n) is 9.37. The largest absolute Gasteiger partial charge is 0.423 e. The molecule has 0 unspecified atom stereocenters. The van der Waals surface area contributed by atoms with E-state index in [4.69, 9.17) is 4.42 Å². The number of anilines is 1. The molecule has 5 rings (SSSR count). The summed E-state index contributed by atoms with van der Waals surface area (Å²) >= 11 is 0. The summed E-state index contributed by atoms with van der Waals surface area (Å²) in [7, 11) is 0. The molecule has 1 fully saturated rings. The average Bonchev–Trinajstić information content (AvgIpc) is 3.36. The van der Waals surface area contributed by atoms with Crippen LogP contribution in [0.15, 0.2) is 65.6 Å². The predicted octanol–water partition coefficient (Wildman–Crippen LogP) is 3.85. The van der Waals surface area contributed by atoms with Crippen molar-refractivity contribution in [3.63, 3.8) is 0 Å². The van der Waals surface area contributed by atoms with Crippen LogP contribution in [-0.2, 0) is 6.54 Å². The van der Waals surface area contributed by atoms with Gasteiger partial charge in [0.25, 0.3) is 6.01 Å². The maximum absolute atomic E-state index is 5.92. The van der Waals surface area contributed by atoms with Crippen LogP contribution < -0.4 is 4.90 Å². The second-order valence-electron chi connectivity index (χ2n) is 6.99. The fraction of sp³-hybridized carbons (Fsp3) is 0.286. The van der Waals surface area contributed by atoms with Gasteiger partial charge in [0.1, 0.15) is 11.3 Å². The van der Waals surface area contributed by atoms with Crippen LogP contribution in [-0.4, -0.2) is 32.6 Å². The lowest BCUT2D eigenvalue weighted by Crippen LogP contribution is -2.33. The lowest BCUT2D eigenvalue weighted by Gasteiger charge is -2.30. The molecule has 6 heteroatoms. The lowest BCUT2D eigenvalue weighted by atomic mass is 9.96. The van der Waals surface area contributed by atoms with E-state index < -0.39 is 0 Å². The maximum Gasteiger partial charge on any atom is 0.298 e. The van der Waals surface area contributed by atoms with Crippen molar-refractivity contribution in [3.05, 3.63) is 72.6 Å². The molecule has 0 amide bonds. The number of fused-ring (bicyclic) bond motifs is 1. The second-order valence-corrected chi connectivity index (χ2v) is 6.99. The van der Waals surface area contributed by atoms with Crippen LogP contribution >= 0.6 is 0 Å². The number of hydrogen-bond acceptors (Lipinski definition) is 5. The van der Waals surface area contributed by atoms with E-state index in [9.17, 15) is 0 Å². The monoisotopic (exact) mass is 359 g/mol. The summed E-state index contributed by atoms with van der Waals surface area (Å²) in [5.41, 5.74) is 3.01. The van der Waals surface area contributed by atoms with E-state index in [2.05, 4.69) is 42.7 Å². The zero-order valence-corrected chi connectivity index (χ0v) is 15.0. The van der Waals surface area contributed by atoms with Crippen LogP contribution in [0.5, 0.6) is 0 Å².